The predicted molar refractivity (Wildman–Crippen MR) is 74.6 cm³/mol. The van der Waals surface area contributed by atoms with Crippen LogP contribution in [0.3, 0.4) is 0 Å². The lowest BCUT2D eigenvalue weighted by Gasteiger charge is -2.49. The van der Waals surface area contributed by atoms with Gasteiger partial charge in [-0.1, -0.05) is 25.7 Å². The molecule has 1 N–H and O–H groups in total. The Labute approximate surface area is 111 Å². The van der Waals surface area contributed by atoms with Crippen LogP contribution in [-0.2, 0) is 0 Å². The molecule has 1 heterocycles. The summed E-state index contributed by atoms with van der Waals surface area (Å²) in [5, 5.41) is 3.89. The zero-order valence-corrected chi connectivity index (χ0v) is 11.7. The number of hydrogen-bond donors (Lipinski definition) is 1. The van der Waals surface area contributed by atoms with Crippen molar-refractivity contribution in [1.82, 2.24) is 10.2 Å². The quantitative estimate of drug-likeness (QED) is 0.767. The molecule has 3 aliphatic carbocycles. The highest BCUT2D eigenvalue weighted by Gasteiger charge is 2.45. The highest BCUT2D eigenvalue weighted by Crippen LogP contribution is 2.47. The van der Waals surface area contributed by atoms with E-state index < -0.39 is 0 Å². The largest absolute Gasteiger partial charge is 0.309 e. The van der Waals surface area contributed by atoms with E-state index in [1.807, 2.05) is 0 Å². The lowest BCUT2D eigenvalue weighted by Crippen LogP contribution is -2.63. The molecule has 3 atom stereocenters. The molecule has 0 aromatic rings. The third-order valence-corrected chi connectivity index (χ3v) is 6.39. The first-order valence-electron chi connectivity index (χ1n) is 8.34. The summed E-state index contributed by atoms with van der Waals surface area (Å²) in [6, 6.07) is 0.963. The van der Waals surface area contributed by atoms with E-state index in [1.165, 1.54) is 64.6 Å². The van der Waals surface area contributed by atoms with E-state index in [2.05, 4.69) is 10.2 Å². The van der Waals surface area contributed by atoms with Gasteiger partial charge in [-0.05, 0) is 43.9 Å². The van der Waals surface area contributed by atoms with E-state index in [0.717, 1.165) is 17.9 Å². The molecule has 2 nitrogen and oxygen atoms in total. The van der Waals surface area contributed by atoms with Crippen LogP contribution in [0.15, 0.2) is 0 Å². The molecule has 2 bridgehead atoms. The van der Waals surface area contributed by atoms with Gasteiger partial charge < -0.3 is 5.32 Å². The number of piperazine rings is 1. The first-order chi connectivity index (χ1) is 8.85. The second kappa shape index (κ2) is 4.49. The molecule has 0 radical (unpaired) electrons. The molecule has 0 aromatic carbocycles. The van der Waals surface area contributed by atoms with Crippen molar-refractivity contribution in [3.8, 4) is 0 Å². The molecule has 3 saturated carbocycles. The topological polar surface area (TPSA) is 15.3 Å². The molecule has 4 fully saturated rings. The van der Waals surface area contributed by atoms with Crippen LogP contribution in [0.5, 0.6) is 0 Å². The van der Waals surface area contributed by atoms with Gasteiger partial charge >= 0.3 is 0 Å². The molecule has 3 unspecified atom stereocenters. The fraction of sp³-hybridized carbons (Fsp3) is 1.00. The molecule has 2 heteroatoms. The average molecular weight is 248 g/mol. The number of fused-ring (bicyclic) bond motifs is 2. The predicted octanol–water partition coefficient (Wildman–Crippen LogP) is 2.78. The van der Waals surface area contributed by atoms with Gasteiger partial charge in [-0.15, -0.1) is 0 Å². The van der Waals surface area contributed by atoms with Gasteiger partial charge in [-0.2, -0.15) is 0 Å². The first kappa shape index (κ1) is 11.7. The van der Waals surface area contributed by atoms with Crippen LogP contribution in [0.1, 0.15) is 57.8 Å². The second-order valence-electron chi connectivity index (χ2n) is 7.48. The summed E-state index contributed by atoms with van der Waals surface area (Å²) in [6.07, 6.45) is 13.4. The van der Waals surface area contributed by atoms with Gasteiger partial charge in [0.05, 0.1) is 0 Å². The Kier molecular flexibility index (Phi) is 2.92. The number of hydrogen-bond acceptors (Lipinski definition) is 2. The normalized spacial score (nSPS) is 43.7. The summed E-state index contributed by atoms with van der Waals surface area (Å²) in [6.45, 7) is 3.92. The van der Waals surface area contributed by atoms with Crippen molar-refractivity contribution >= 4 is 0 Å². The van der Waals surface area contributed by atoms with Crippen LogP contribution < -0.4 is 5.32 Å². The molecule has 102 valence electrons. The fourth-order valence-electron chi connectivity index (χ4n) is 5.49. The maximum Gasteiger partial charge on any atom is 0.0309 e. The third kappa shape index (κ3) is 1.92. The van der Waals surface area contributed by atoms with E-state index in [0.29, 0.717) is 5.54 Å². The fourth-order valence-corrected chi connectivity index (χ4v) is 5.49. The monoisotopic (exact) mass is 248 g/mol. The van der Waals surface area contributed by atoms with Gasteiger partial charge in [0, 0.05) is 31.2 Å². The van der Waals surface area contributed by atoms with Crippen molar-refractivity contribution < 1.29 is 0 Å². The van der Waals surface area contributed by atoms with Crippen molar-refractivity contribution in [2.45, 2.75) is 69.4 Å². The second-order valence-corrected chi connectivity index (χ2v) is 7.48. The van der Waals surface area contributed by atoms with E-state index in [-0.39, 0.29) is 0 Å². The number of nitrogens with zero attached hydrogens (tertiary/aromatic N) is 1. The summed E-state index contributed by atoms with van der Waals surface area (Å²) >= 11 is 0. The Bertz CT molecular complexity index is 303. The minimum Gasteiger partial charge on any atom is -0.309 e. The maximum absolute atomic E-state index is 3.89. The van der Waals surface area contributed by atoms with Crippen LogP contribution in [0, 0.1) is 11.8 Å². The average Bonchev–Trinajstić information content (AvgIpc) is 3.02. The van der Waals surface area contributed by atoms with Crippen LogP contribution in [0.4, 0.5) is 0 Å². The first-order valence-corrected chi connectivity index (χ1v) is 8.34. The molecule has 1 saturated heterocycles. The standard InChI is InChI=1S/C16H28N2/c1-2-6-16(7-3-1)12-18(9-8-17-16)15-11-13-4-5-14(15)10-13/h13-15,17H,1-12H2. The highest BCUT2D eigenvalue weighted by molar-refractivity contribution is 5.02. The van der Waals surface area contributed by atoms with Crippen molar-refractivity contribution in [2.75, 3.05) is 19.6 Å². The number of rotatable bonds is 1. The van der Waals surface area contributed by atoms with E-state index in [4.69, 9.17) is 0 Å². The van der Waals surface area contributed by atoms with Crippen LogP contribution >= 0.6 is 0 Å². The molecular weight excluding hydrogens is 220 g/mol. The van der Waals surface area contributed by atoms with Crippen LogP contribution in [0.2, 0.25) is 0 Å². The van der Waals surface area contributed by atoms with Gasteiger partial charge in [-0.25, -0.2) is 0 Å². The smallest absolute Gasteiger partial charge is 0.0309 e. The Hall–Kier alpha value is -0.0800. The van der Waals surface area contributed by atoms with Gasteiger partial charge in [0.2, 0.25) is 0 Å². The lowest BCUT2D eigenvalue weighted by atomic mass is 9.79. The summed E-state index contributed by atoms with van der Waals surface area (Å²) in [5.41, 5.74) is 0.512. The van der Waals surface area contributed by atoms with Crippen LogP contribution in [0.25, 0.3) is 0 Å². The molecule has 1 aliphatic heterocycles. The maximum atomic E-state index is 3.89. The molecule has 1 spiro atoms. The molecule has 0 amide bonds. The van der Waals surface area contributed by atoms with Crippen molar-refractivity contribution in [2.24, 2.45) is 11.8 Å². The Morgan fingerprint density at radius 3 is 2.61 bits per heavy atom. The number of nitrogens with one attached hydrogen (secondary N) is 1. The van der Waals surface area contributed by atoms with Crippen molar-refractivity contribution in [3.05, 3.63) is 0 Å². The summed E-state index contributed by atoms with van der Waals surface area (Å²) in [5.74, 6) is 2.16. The van der Waals surface area contributed by atoms with Gasteiger partial charge in [0.25, 0.3) is 0 Å². The Morgan fingerprint density at radius 2 is 1.89 bits per heavy atom. The molecule has 4 aliphatic rings. The summed E-state index contributed by atoms with van der Waals surface area (Å²) in [7, 11) is 0. The summed E-state index contributed by atoms with van der Waals surface area (Å²) < 4.78 is 0. The third-order valence-electron chi connectivity index (χ3n) is 6.39. The highest BCUT2D eigenvalue weighted by atomic mass is 15.3. The van der Waals surface area contributed by atoms with Gasteiger partial charge in [0.1, 0.15) is 0 Å². The van der Waals surface area contributed by atoms with E-state index in [1.54, 1.807) is 12.8 Å². The zero-order chi connectivity index (χ0) is 12.0. The minimum absolute atomic E-state index is 0.512. The minimum atomic E-state index is 0.512. The van der Waals surface area contributed by atoms with Crippen molar-refractivity contribution in [3.63, 3.8) is 0 Å². The van der Waals surface area contributed by atoms with Gasteiger partial charge in [-0.3, -0.25) is 4.90 Å². The van der Waals surface area contributed by atoms with Gasteiger partial charge in [0.15, 0.2) is 0 Å². The Balaban J connectivity index is 1.46. The van der Waals surface area contributed by atoms with E-state index in [9.17, 15) is 0 Å². The lowest BCUT2D eigenvalue weighted by molar-refractivity contribution is 0.0475. The van der Waals surface area contributed by atoms with E-state index >= 15 is 0 Å². The molecule has 18 heavy (non-hydrogen) atoms. The molecule has 0 aromatic heterocycles. The van der Waals surface area contributed by atoms with Crippen LogP contribution in [-0.4, -0.2) is 36.1 Å². The molecular formula is C16H28N2. The van der Waals surface area contributed by atoms with Crippen molar-refractivity contribution in [1.29, 1.82) is 0 Å². The summed E-state index contributed by atoms with van der Waals surface area (Å²) in [4.78, 5) is 2.89. The SMILES string of the molecule is C1CCC2(CC1)CN(C1CC3CCC1C3)CCN2. The zero-order valence-electron chi connectivity index (χ0n) is 11.7. The molecule has 4 rings (SSSR count). The Morgan fingerprint density at radius 1 is 1.00 bits per heavy atom.